The molecule has 2 aromatic carbocycles. The first kappa shape index (κ1) is 23.5. The summed E-state index contributed by atoms with van der Waals surface area (Å²) < 4.78 is 99.1. The van der Waals surface area contributed by atoms with Crippen LogP contribution in [0, 0.1) is 0 Å². The van der Waals surface area contributed by atoms with Gasteiger partial charge in [0, 0.05) is 5.56 Å². The molecule has 0 aliphatic carbocycles. The maximum atomic E-state index is 14.5. The second kappa shape index (κ2) is 8.55. The van der Waals surface area contributed by atoms with Crippen molar-refractivity contribution < 1.29 is 45.4 Å². The molecule has 2 rings (SSSR count). The molecule has 0 bridgehead atoms. The largest absolute Gasteiger partial charge is 0.495 e. The summed E-state index contributed by atoms with van der Waals surface area (Å²) in [6.45, 7) is 0. The van der Waals surface area contributed by atoms with Crippen LogP contribution in [0.15, 0.2) is 42.5 Å². The molecule has 1 N–H and O–H groups in total. The van der Waals surface area contributed by atoms with Gasteiger partial charge in [-0.2, -0.15) is 26.3 Å². The number of hydrogen-bond acceptors (Lipinski definition) is 2. The van der Waals surface area contributed by atoms with E-state index in [4.69, 9.17) is 21.4 Å². The van der Waals surface area contributed by atoms with E-state index in [9.17, 15) is 35.5 Å². The fourth-order valence-corrected chi connectivity index (χ4v) is 2.88. The van der Waals surface area contributed by atoms with E-state index in [0.717, 1.165) is 18.2 Å². The highest BCUT2D eigenvalue weighted by atomic mass is 35.5. The van der Waals surface area contributed by atoms with Crippen LogP contribution in [0.1, 0.15) is 33.0 Å². The highest BCUT2D eigenvalue weighted by Crippen LogP contribution is 2.41. The molecule has 2 aromatic rings. The Kier molecular flexibility index (Phi) is 6.70. The predicted octanol–water partition coefficient (Wildman–Crippen LogP) is 6.72. The van der Waals surface area contributed by atoms with E-state index in [1.807, 2.05) is 0 Å². The first-order valence-electron chi connectivity index (χ1n) is 7.98. The Bertz CT molecular complexity index is 981. The van der Waals surface area contributed by atoms with Crippen LogP contribution in [0.2, 0.25) is 5.02 Å². The van der Waals surface area contributed by atoms with Gasteiger partial charge >= 0.3 is 18.3 Å². The minimum atomic E-state index is -5.16. The van der Waals surface area contributed by atoms with Crippen molar-refractivity contribution in [2.75, 3.05) is 7.11 Å². The normalized spacial score (nSPS) is 13.8. The first-order valence-corrected chi connectivity index (χ1v) is 8.36. The van der Waals surface area contributed by atoms with E-state index in [2.05, 4.69) is 0 Å². The lowest BCUT2D eigenvalue weighted by Gasteiger charge is -2.19. The second-order valence-electron chi connectivity index (χ2n) is 5.99. The number of benzene rings is 2. The molecule has 0 amide bonds. The van der Waals surface area contributed by atoms with Gasteiger partial charge in [0.15, 0.2) is 0 Å². The average Bonchev–Trinajstić information content (AvgIpc) is 2.63. The van der Waals surface area contributed by atoms with Crippen LogP contribution in [-0.4, -0.2) is 24.4 Å². The molecule has 0 saturated heterocycles. The molecule has 0 saturated carbocycles. The summed E-state index contributed by atoms with van der Waals surface area (Å²) in [6.07, 6.45) is -10.1. The van der Waals surface area contributed by atoms with Crippen LogP contribution in [0.5, 0.6) is 5.75 Å². The van der Waals surface area contributed by atoms with E-state index >= 15 is 0 Å². The van der Waals surface area contributed by atoms with Gasteiger partial charge in [-0.3, -0.25) is 0 Å². The molecule has 1 atom stereocenters. The van der Waals surface area contributed by atoms with Crippen LogP contribution in [0.3, 0.4) is 0 Å². The van der Waals surface area contributed by atoms with Crippen molar-refractivity contribution in [2.24, 2.45) is 0 Å². The number of ether oxygens (including phenoxy) is 1. The summed E-state index contributed by atoms with van der Waals surface area (Å²) in [6, 6.07) is 4.29. The van der Waals surface area contributed by atoms with Gasteiger partial charge < -0.3 is 9.84 Å². The highest BCUT2D eigenvalue weighted by Gasteiger charge is 2.40. The summed E-state index contributed by atoms with van der Waals surface area (Å²) >= 11 is 5.81. The van der Waals surface area contributed by atoms with Gasteiger partial charge in [-0.25, -0.2) is 9.18 Å². The number of carbonyl (C=O) groups is 1. The van der Waals surface area contributed by atoms with E-state index < -0.39 is 52.3 Å². The third kappa shape index (κ3) is 5.24. The maximum absolute atomic E-state index is 14.5. The zero-order valence-electron chi connectivity index (χ0n) is 14.9. The first-order chi connectivity index (χ1) is 13.8. The number of hydrogen-bond donors (Lipinski definition) is 1. The molecule has 0 fully saturated rings. The number of halogens is 8. The van der Waals surface area contributed by atoms with Crippen molar-refractivity contribution in [3.63, 3.8) is 0 Å². The quantitative estimate of drug-likeness (QED) is 0.508. The van der Waals surface area contributed by atoms with Crippen LogP contribution in [-0.2, 0) is 6.18 Å². The van der Waals surface area contributed by atoms with Gasteiger partial charge in [0.05, 0.1) is 23.3 Å². The van der Waals surface area contributed by atoms with E-state index in [-0.39, 0.29) is 22.9 Å². The summed E-state index contributed by atoms with van der Waals surface area (Å²) in [5.74, 6) is -6.00. The molecule has 3 nitrogen and oxygen atoms in total. The number of methoxy groups -OCH3 is 1. The van der Waals surface area contributed by atoms with Crippen molar-refractivity contribution in [3.8, 4) is 5.75 Å². The molecule has 0 heterocycles. The van der Waals surface area contributed by atoms with Gasteiger partial charge in [-0.1, -0.05) is 23.7 Å². The minimum absolute atomic E-state index is 0.0740. The number of carboxylic acid groups (broad SMARTS) is 1. The van der Waals surface area contributed by atoms with Gasteiger partial charge in [0.2, 0.25) is 0 Å². The van der Waals surface area contributed by atoms with E-state index in [1.54, 1.807) is 0 Å². The van der Waals surface area contributed by atoms with Gasteiger partial charge in [-0.15, -0.1) is 0 Å². The highest BCUT2D eigenvalue weighted by molar-refractivity contribution is 6.32. The minimum Gasteiger partial charge on any atom is -0.495 e. The Morgan fingerprint density at radius 3 is 2.20 bits per heavy atom. The molecule has 162 valence electrons. The zero-order chi connectivity index (χ0) is 22.9. The molecule has 11 heteroatoms. The van der Waals surface area contributed by atoms with Crippen LogP contribution < -0.4 is 4.74 Å². The van der Waals surface area contributed by atoms with Crippen molar-refractivity contribution in [2.45, 2.75) is 18.3 Å². The van der Waals surface area contributed by atoms with Crippen molar-refractivity contribution >= 4 is 23.4 Å². The lowest BCUT2D eigenvalue weighted by atomic mass is 9.95. The standard InChI is InChI=1S/C19H12ClF7O3/c1-30-16-5-3-9(7-14(16)20)12(18(22,23)24)8-15(21)10-2-4-11(17(28)29)13(6-10)19(25,26)27/h2-8,12H,1H3,(H,28,29)/b15-8-. The lowest BCUT2D eigenvalue weighted by molar-refractivity contribution is -0.140. The molecule has 0 radical (unpaired) electrons. The molecule has 0 aliphatic rings. The maximum Gasteiger partial charge on any atom is 0.417 e. The molecule has 0 spiro atoms. The molecule has 30 heavy (non-hydrogen) atoms. The topological polar surface area (TPSA) is 46.5 Å². The summed E-state index contributed by atoms with van der Waals surface area (Å²) in [5, 5.41) is 8.67. The predicted molar refractivity (Wildman–Crippen MR) is 94.3 cm³/mol. The smallest absolute Gasteiger partial charge is 0.417 e. The van der Waals surface area contributed by atoms with Crippen LogP contribution >= 0.6 is 11.6 Å². The Morgan fingerprint density at radius 2 is 1.73 bits per heavy atom. The van der Waals surface area contributed by atoms with Gasteiger partial charge in [0.25, 0.3) is 0 Å². The number of alkyl halides is 6. The monoisotopic (exact) mass is 456 g/mol. The molecule has 1 unspecified atom stereocenters. The van der Waals surface area contributed by atoms with Crippen molar-refractivity contribution in [1.82, 2.24) is 0 Å². The SMILES string of the molecule is COc1ccc(C(/C=C(\F)c2ccc(C(=O)O)c(C(F)(F)F)c2)C(F)(F)F)cc1Cl. The average molecular weight is 457 g/mol. The van der Waals surface area contributed by atoms with Gasteiger partial charge in [0.1, 0.15) is 17.5 Å². The van der Waals surface area contributed by atoms with Crippen LogP contribution in [0.4, 0.5) is 30.7 Å². The lowest BCUT2D eigenvalue weighted by Crippen LogP contribution is -2.19. The third-order valence-electron chi connectivity index (χ3n) is 4.03. The van der Waals surface area contributed by atoms with Crippen molar-refractivity contribution in [3.05, 3.63) is 69.8 Å². The molecule has 0 aromatic heterocycles. The Labute approximate surface area is 170 Å². The summed E-state index contributed by atoms with van der Waals surface area (Å²) in [7, 11) is 1.24. The number of allylic oxidation sites excluding steroid dienone is 1. The van der Waals surface area contributed by atoms with Crippen LogP contribution in [0.25, 0.3) is 5.83 Å². The Hall–Kier alpha value is -2.75. The molecular weight excluding hydrogens is 445 g/mol. The second-order valence-corrected chi connectivity index (χ2v) is 6.40. The Morgan fingerprint density at radius 1 is 1.10 bits per heavy atom. The van der Waals surface area contributed by atoms with E-state index in [0.29, 0.717) is 12.1 Å². The Balaban J connectivity index is 2.57. The fraction of sp³-hybridized carbons (Fsp3) is 0.211. The summed E-state index contributed by atoms with van der Waals surface area (Å²) in [5.41, 5.74) is -4.18. The fourth-order valence-electron chi connectivity index (χ4n) is 2.61. The summed E-state index contributed by atoms with van der Waals surface area (Å²) in [4.78, 5) is 10.9. The van der Waals surface area contributed by atoms with Crippen molar-refractivity contribution in [1.29, 1.82) is 0 Å². The number of aromatic carboxylic acids is 1. The number of rotatable bonds is 5. The zero-order valence-corrected chi connectivity index (χ0v) is 15.7. The number of carboxylic acids is 1. The molecular formula is C19H12ClF7O3. The van der Waals surface area contributed by atoms with Gasteiger partial charge in [-0.05, 0) is 35.9 Å². The molecule has 0 aliphatic heterocycles. The van der Waals surface area contributed by atoms with E-state index in [1.165, 1.54) is 7.11 Å². The third-order valence-corrected chi connectivity index (χ3v) is 4.33.